The fraction of sp³-hybridized carbons (Fsp3) is 0. The molecule has 0 aliphatic carbocycles. The lowest BCUT2D eigenvalue weighted by molar-refractivity contribution is 0.106. The topological polar surface area (TPSA) is 92.4 Å². The molecule has 0 atom stereocenters. The molecule has 0 saturated carbocycles. The van der Waals surface area contributed by atoms with Crippen LogP contribution >= 0.6 is 12.2 Å². The molecular weight excluding hydrogens is 286 g/mol. The van der Waals surface area contributed by atoms with E-state index in [0.29, 0.717) is 11.3 Å². The molecule has 3 rings (SSSR count). The van der Waals surface area contributed by atoms with Crippen molar-refractivity contribution in [1.29, 1.82) is 0 Å². The maximum atomic E-state index is 12.3. The number of ketones is 1. The second-order valence-corrected chi connectivity index (χ2v) is 4.83. The van der Waals surface area contributed by atoms with Crippen LogP contribution in [0.15, 0.2) is 47.8 Å². The summed E-state index contributed by atoms with van der Waals surface area (Å²) in [7, 11) is 0. The molecule has 0 unspecified atom stereocenters. The van der Waals surface area contributed by atoms with Gasteiger partial charge in [0.15, 0.2) is 10.9 Å². The Kier molecular flexibility index (Phi) is 3.33. The predicted octanol–water partition coefficient (Wildman–Crippen LogP) is 1.50. The number of nitrogens with one attached hydrogen (secondary N) is 2. The van der Waals surface area contributed by atoms with Crippen molar-refractivity contribution >= 4 is 34.6 Å². The highest BCUT2D eigenvalue weighted by atomic mass is 32.1. The zero-order valence-corrected chi connectivity index (χ0v) is 11.6. The third-order valence-electron chi connectivity index (χ3n) is 3.02. The SMILES string of the molecule is NC(=S)NN=C1Nc2ccc(-c3ccncc3)cc2C1=O. The van der Waals surface area contributed by atoms with Crippen LogP contribution < -0.4 is 16.5 Å². The molecule has 4 N–H and O–H groups in total. The summed E-state index contributed by atoms with van der Waals surface area (Å²) in [5.74, 6) is -0.0330. The van der Waals surface area contributed by atoms with E-state index in [1.807, 2.05) is 30.3 Å². The van der Waals surface area contributed by atoms with Crippen molar-refractivity contribution in [2.24, 2.45) is 10.8 Å². The van der Waals surface area contributed by atoms with E-state index < -0.39 is 0 Å². The van der Waals surface area contributed by atoms with Gasteiger partial charge in [0.05, 0.1) is 11.3 Å². The number of hydrogen-bond donors (Lipinski definition) is 3. The van der Waals surface area contributed by atoms with Gasteiger partial charge < -0.3 is 11.1 Å². The quantitative estimate of drug-likeness (QED) is 0.575. The van der Waals surface area contributed by atoms with Crippen molar-refractivity contribution in [2.75, 3.05) is 5.32 Å². The molecule has 0 bridgehead atoms. The number of pyridine rings is 1. The highest BCUT2D eigenvalue weighted by Gasteiger charge is 2.26. The van der Waals surface area contributed by atoms with Crippen molar-refractivity contribution < 1.29 is 4.79 Å². The monoisotopic (exact) mass is 297 g/mol. The highest BCUT2D eigenvalue weighted by molar-refractivity contribution is 7.80. The summed E-state index contributed by atoms with van der Waals surface area (Å²) in [6.45, 7) is 0. The van der Waals surface area contributed by atoms with E-state index in [9.17, 15) is 4.79 Å². The first kappa shape index (κ1) is 13.2. The molecule has 6 nitrogen and oxygen atoms in total. The van der Waals surface area contributed by atoms with Crippen LogP contribution in [0.4, 0.5) is 5.69 Å². The molecule has 0 spiro atoms. The molecule has 1 aromatic heterocycles. The molecule has 1 aliphatic rings. The van der Waals surface area contributed by atoms with Gasteiger partial charge in [-0.25, -0.2) is 0 Å². The highest BCUT2D eigenvalue weighted by Crippen LogP contribution is 2.29. The van der Waals surface area contributed by atoms with Gasteiger partial charge in [0, 0.05) is 12.4 Å². The van der Waals surface area contributed by atoms with E-state index >= 15 is 0 Å². The zero-order chi connectivity index (χ0) is 14.8. The lowest BCUT2D eigenvalue weighted by Crippen LogP contribution is -2.28. The molecule has 1 aromatic carbocycles. The molecule has 1 aliphatic heterocycles. The summed E-state index contributed by atoms with van der Waals surface area (Å²) in [5.41, 5.74) is 10.9. The number of carbonyl (C=O) groups is 1. The molecule has 2 heterocycles. The number of amidine groups is 1. The molecule has 7 heteroatoms. The molecule has 2 aromatic rings. The molecule has 0 amide bonds. The van der Waals surface area contributed by atoms with E-state index in [-0.39, 0.29) is 16.7 Å². The van der Waals surface area contributed by atoms with Crippen molar-refractivity contribution in [2.45, 2.75) is 0 Å². The Morgan fingerprint density at radius 3 is 2.71 bits per heavy atom. The predicted molar refractivity (Wildman–Crippen MR) is 85.0 cm³/mol. The van der Waals surface area contributed by atoms with Gasteiger partial charge in [0.1, 0.15) is 0 Å². The number of rotatable bonds is 2. The minimum absolute atomic E-state index is 0.00512. The fourth-order valence-electron chi connectivity index (χ4n) is 2.07. The van der Waals surface area contributed by atoms with Gasteiger partial charge >= 0.3 is 0 Å². The van der Waals surface area contributed by atoms with Crippen molar-refractivity contribution in [3.05, 3.63) is 48.3 Å². The van der Waals surface area contributed by atoms with Crippen LogP contribution in [0.25, 0.3) is 11.1 Å². The summed E-state index contributed by atoms with van der Waals surface area (Å²) in [6.07, 6.45) is 3.42. The van der Waals surface area contributed by atoms with Gasteiger partial charge in [-0.1, -0.05) is 6.07 Å². The first-order valence-corrected chi connectivity index (χ1v) is 6.55. The van der Waals surface area contributed by atoms with Gasteiger partial charge in [-0.05, 0) is 47.6 Å². The Labute approximate surface area is 126 Å². The maximum Gasteiger partial charge on any atom is 0.232 e. The van der Waals surface area contributed by atoms with Crippen molar-refractivity contribution in [3.8, 4) is 11.1 Å². The minimum Gasteiger partial charge on any atom is -0.375 e. The second kappa shape index (κ2) is 5.29. The summed E-state index contributed by atoms with van der Waals surface area (Å²) in [6, 6.07) is 9.37. The van der Waals surface area contributed by atoms with E-state index in [1.54, 1.807) is 12.4 Å². The number of fused-ring (bicyclic) bond motifs is 1. The van der Waals surface area contributed by atoms with Crippen LogP contribution in [0.3, 0.4) is 0 Å². The number of hydrogen-bond acceptors (Lipinski definition) is 4. The smallest absolute Gasteiger partial charge is 0.232 e. The van der Waals surface area contributed by atoms with E-state index in [0.717, 1.165) is 11.1 Å². The van der Waals surface area contributed by atoms with Gasteiger partial charge in [0.25, 0.3) is 0 Å². The Morgan fingerprint density at radius 1 is 1.24 bits per heavy atom. The van der Waals surface area contributed by atoms with Crippen LogP contribution in [-0.4, -0.2) is 21.7 Å². The number of thiocarbonyl (C=S) groups is 1. The number of nitrogens with two attached hydrogens (primary N) is 1. The molecule has 0 saturated heterocycles. The number of carbonyl (C=O) groups excluding carboxylic acids is 1. The molecule has 104 valence electrons. The number of Topliss-reactive ketones (excluding diaryl/α,β-unsaturated/α-hetero) is 1. The summed E-state index contributed by atoms with van der Waals surface area (Å²) < 4.78 is 0. The van der Waals surface area contributed by atoms with Gasteiger partial charge in [-0.3, -0.25) is 15.2 Å². The fourth-order valence-corrected chi connectivity index (χ4v) is 2.11. The van der Waals surface area contributed by atoms with Crippen LogP contribution in [-0.2, 0) is 0 Å². The van der Waals surface area contributed by atoms with Crippen molar-refractivity contribution in [3.63, 3.8) is 0 Å². The Hall–Kier alpha value is -2.80. The average molecular weight is 297 g/mol. The number of aromatic nitrogens is 1. The minimum atomic E-state index is -0.204. The zero-order valence-electron chi connectivity index (χ0n) is 10.8. The van der Waals surface area contributed by atoms with Crippen LogP contribution in [0.2, 0.25) is 0 Å². The molecule has 0 fully saturated rings. The summed E-state index contributed by atoms with van der Waals surface area (Å²) >= 11 is 4.65. The van der Waals surface area contributed by atoms with Crippen LogP contribution in [0.1, 0.15) is 10.4 Å². The first-order chi connectivity index (χ1) is 10.1. The molecular formula is C14H11N5OS. The standard InChI is InChI=1S/C14H11N5OS/c15-14(21)19-18-13-12(20)10-7-9(1-2-11(10)17-13)8-3-5-16-6-4-8/h1-7H,(H3,15,19,21)(H,17,18,20). The molecule has 21 heavy (non-hydrogen) atoms. The largest absolute Gasteiger partial charge is 0.375 e. The second-order valence-electron chi connectivity index (χ2n) is 4.39. The third-order valence-corrected chi connectivity index (χ3v) is 3.12. The Balaban J connectivity index is 1.95. The van der Waals surface area contributed by atoms with Gasteiger partial charge in [-0.2, -0.15) is 5.10 Å². The van der Waals surface area contributed by atoms with E-state index in [1.165, 1.54) is 0 Å². The number of nitrogens with zero attached hydrogens (tertiary/aromatic N) is 2. The normalized spacial score (nSPS) is 14.7. The summed E-state index contributed by atoms with van der Waals surface area (Å²) in [5, 5.41) is 6.78. The Morgan fingerprint density at radius 2 is 2.00 bits per heavy atom. The lowest BCUT2D eigenvalue weighted by atomic mass is 10.0. The average Bonchev–Trinajstić information content (AvgIpc) is 2.82. The first-order valence-electron chi connectivity index (χ1n) is 6.14. The van der Waals surface area contributed by atoms with Crippen molar-refractivity contribution in [1.82, 2.24) is 10.4 Å². The number of anilines is 1. The number of benzene rings is 1. The van der Waals surface area contributed by atoms with E-state index in [2.05, 4.69) is 33.0 Å². The lowest BCUT2D eigenvalue weighted by Gasteiger charge is -2.03. The van der Waals surface area contributed by atoms with Gasteiger partial charge in [-0.15, -0.1) is 0 Å². The third kappa shape index (κ3) is 2.59. The maximum absolute atomic E-state index is 12.3. The van der Waals surface area contributed by atoms with E-state index in [4.69, 9.17) is 5.73 Å². The van der Waals surface area contributed by atoms with Crippen LogP contribution in [0, 0.1) is 0 Å². The van der Waals surface area contributed by atoms with Gasteiger partial charge in [0.2, 0.25) is 5.78 Å². The summed E-state index contributed by atoms with van der Waals surface area (Å²) in [4.78, 5) is 16.2. The number of hydrazone groups is 1. The molecule has 0 radical (unpaired) electrons. The van der Waals surface area contributed by atoms with Crippen LogP contribution in [0.5, 0.6) is 0 Å². The Bertz CT molecular complexity index is 757.